The summed E-state index contributed by atoms with van der Waals surface area (Å²) in [4.78, 5) is 3.93. The Labute approximate surface area is 134 Å². The molecule has 0 amide bonds. The zero-order chi connectivity index (χ0) is 16.0. The first-order valence-corrected chi connectivity index (χ1v) is 8.17. The number of hydrogen-bond donors (Lipinski definition) is 1. The van der Waals surface area contributed by atoms with Crippen molar-refractivity contribution < 1.29 is 4.55 Å². The molecule has 0 saturated carbocycles. The van der Waals surface area contributed by atoms with Crippen LogP contribution < -0.4 is 4.72 Å². The molecule has 0 aliphatic heterocycles. The van der Waals surface area contributed by atoms with Crippen LogP contribution in [0.4, 0.5) is 0 Å². The van der Waals surface area contributed by atoms with Crippen molar-refractivity contribution in [2.75, 3.05) is 0 Å². The van der Waals surface area contributed by atoms with Crippen molar-refractivity contribution in [3.63, 3.8) is 0 Å². The van der Waals surface area contributed by atoms with E-state index in [1.807, 2.05) is 26.8 Å². The van der Waals surface area contributed by atoms with E-state index < -0.39 is 11.4 Å². The molecule has 1 aromatic heterocycles. The zero-order valence-corrected chi connectivity index (χ0v) is 14.1. The molecule has 114 valence electrons. The topological polar surface area (TPSA) is 71.8 Å². The first kappa shape index (κ1) is 18.0. The fourth-order valence-corrected chi connectivity index (χ4v) is 2.82. The van der Waals surface area contributed by atoms with Crippen LogP contribution in [0.2, 0.25) is 5.02 Å². The lowest BCUT2D eigenvalue weighted by Gasteiger charge is -2.28. The highest BCUT2D eigenvalue weighted by Crippen LogP contribution is 2.30. The van der Waals surface area contributed by atoms with Crippen LogP contribution in [0.25, 0.3) is 0 Å². The normalized spacial score (nSPS) is 14.3. The molecule has 1 aromatic rings. The fourth-order valence-electron chi connectivity index (χ4n) is 1.67. The van der Waals surface area contributed by atoms with Crippen LogP contribution in [0.1, 0.15) is 50.9 Å². The highest BCUT2D eigenvalue weighted by molar-refractivity contribution is 7.90. The lowest BCUT2D eigenvalue weighted by molar-refractivity contribution is 0.513. The van der Waals surface area contributed by atoms with Crippen LogP contribution in [0.3, 0.4) is 0 Å². The van der Waals surface area contributed by atoms with Crippen molar-refractivity contribution in [3.8, 4) is 6.07 Å². The molecular weight excluding hydrogens is 306 g/mol. The number of halogens is 1. The molecule has 0 bridgehead atoms. The maximum absolute atomic E-state index is 12.3. The third kappa shape index (κ3) is 5.01. The van der Waals surface area contributed by atoms with E-state index in [1.54, 1.807) is 18.3 Å². The van der Waals surface area contributed by atoms with Gasteiger partial charge in [-0.3, -0.25) is 0 Å². The molecule has 1 unspecified atom stereocenters. The Hall–Kier alpha value is -1.06. The second-order valence-electron chi connectivity index (χ2n) is 5.59. The molecule has 0 aliphatic carbocycles. The Bertz CT molecular complexity index is 537. The summed E-state index contributed by atoms with van der Waals surface area (Å²) in [6.07, 6.45) is 4.79. The Morgan fingerprint density at radius 3 is 2.81 bits per heavy atom. The minimum Gasteiger partial charge on any atom is -0.598 e. The van der Waals surface area contributed by atoms with Crippen molar-refractivity contribution in [3.05, 3.63) is 41.2 Å². The number of allylic oxidation sites excluding steroid dienone is 1. The van der Waals surface area contributed by atoms with E-state index in [0.29, 0.717) is 11.4 Å². The van der Waals surface area contributed by atoms with Crippen LogP contribution in [-0.2, 0) is 11.4 Å². The molecule has 21 heavy (non-hydrogen) atoms. The minimum atomic E-state index is -1.23. The van der Waals surface area contributed by atoms with E-state index in [2.05, 4.69) is 16.3 Å². The molecular formula is C15H20ClN3OS. The molecule has 0 aromatic carbocycles. The number of pyridine rings is 1. The molecule has 1 rings (SSSR count). The summed E-state index contributed by atoms with van der Waals surface area (Å²) in [5.41, 5.74) is 0.920. The number of rotatable bonds is 6. The van der Waals surface area contributed by atoms with Gasteiger partial charge in [0.1, 0.15) is 10.8 Å². The summed E-state index contributed by atoms with van der Waals surface area (Å²) in [7, 11) is 0. The van der Waals surface area contributed by atoms with E-state index in [-0.39, 0.29) is 16.5 Å². The molecule has 0 fully saturated rings. The molecule has 4 nitrogen and oxygen atoms in total. The van der Waals surface area contributed by atoms with Crippen molar-refractivity contribution in [2.24, 2.45) is 0 Å². The molecule has 1 N–H and O–H groups in total. The maximum Gasteiger partial charge on any atom is 0.159 e. The Kier molecular flexibility index (Phi) is 6.69. The van der Waals surface area contributed by atoms with Gasteiger partial charge in [-0.25, -0.2) is 4.98 Å². The summed E-state index contributed by atoms with van der Waals surface area (Å²) in [6, 6.07) is 3.50. The monoisotopic (exact) mass is 325 g/mol. The molecule has 0 saturated heterocycles. The van der Waals surface area contributed by atoms with Gasteiger partial charge in [-0.05, 0) is 45.2 Å². The van der Waals surface area contributed by atoms with E-state index in [1.165, 1.54) is 0 Å². The number of nitrogens with one attached hydrogen (secondary N) is 1. The van der Waals surface area contributed by atoms with Gasteiger partial charge in [0.2, 0.25) is 0 Å². The van der Waals surface area contributed by atoms with Crippen LogP contribution in [-0.4, -0.2) is 14.3 Å². The summed E-state index contributed by atoms with van der Waals surface area (Å²) in [6.45, 7) is 9.40. The lowest BCUT2D eigenvalue weighted by atomic mass is 10.0. The standard InChI is InChI=1S/C15H20ClN3OS/c1-5-6-7-12(19-21(20)15(2,3)4)11-8-9-18-13(10-17)14(11)16/h5,8-9,12,19H,1,6-7H2,2-4H3/t12-,21?/m1/s1. The molecule has 2 atom stereocenters. The van der Waals surface area contributed by atoms with Crippen LogP contribution >= 0.6 is 11.6 Å². The highest BCUT2D eigenvalue weighted by Gasteiger charge is 2.30. The van der Waals surface area contributed by atoms with Gasteiger partial charge in [-0.2, -0.15) is 5.26 Å². The highest BCUT2D eigenvalue weighted by atomic mass is 35.5. The molecule has 0 radical (unpaired) electrons. The average Bonchev–Trinajstić information content (AvgIpc) is 2.42. The third-order valence-corrected chi connectivity index (χ3v) is 4.87. The van der Waals surface area contributed by atoms with Crippen LogP contribution in [0, 0.1) is 11.3 Å². The van der Waals surface area contributed by atoms with Crippen molar-refractivity contribution in [1.29, 1.82) is 5.26 Å². The van der Waals surface area contributed by atoms with Gasteiger partial charge in [0.15, 0.2) is 5.69 Å². The summed E-state index contributed by atoms with van der Waals surface area (Å²) < 4.78 is 15.0. The predicted molar refractivity (Wildman–Crippen MR) is 87.2 cm³/mol. The Balaban J connectivity index is 3.08. The second kappa shape index (κ2) is 7.81. The third-order valence-electron chi connectivity index (χ3n) is 2.87. The second-order valence-corrected chi connectivity index (χ2v) is 7.97. The quantitative estimate of drug-likeness (QED) is 0.640. The predicted octanol–water partition coefficient (Wildman–Crippen LogP) is 3.67. The van der Waals surface area contributed by atoms with Crippen LogP contribution in [0.15, 0.2) is 24.9 Å². The molecule has 6 heteroatoms. The van der Waals surface area contributed by atoms with E-state index >= 15 is 0 Å². The maximum atomic E-state index is 12.3. The van der Waals surface area contributed by atoms with Crippen molar-refractivity contribution >= 4 is 23.0 Å². The first-order chi connectivity index (χ1) is 9.81. The zero-order valence-electron chi connectivity index (χ0n) is 12.5. The molecule has 1 heterocycles. The van der Waals surface area contributed by atoms with E-state index in [9.17, 15) is 4.55 Å². The van der Waals surface area contributed by atoms with E-state index in [0.717, 1.165) is 12.0 Å². The smallest absolute Gasteiger partial charge is 0.159 e. The number of aromatic nitrogens is 1. The Morgan fingerprint density at radius 1 is 1.62 bits per heavy atom. The SMILES string of the molecule is C=CCC[C@@H](N[S+]([O-])C(C)(C)C)c1ccnc(C#N)c1Cl. The van der Waals surface area contributed by atoms with E-state index in [4.69, 9.17) is 16.9 Å². The van der Waals surface area contributed by atoms with Crippen LogP contribution in [0.5, 0.6) is 0 Å². The van der Waals surface area contributed by atoms with Gasteiger partial charge in [0.05, 0.1) is 11.1 Å². The van der Waals surface area contributed by atoms with Gasteiger partial charge >= 0.3 is 0 Å². The number of nitrogens with zero attached hydrogens (tertiary/aromatic N) is 2. The average molecular weight is 326 g/mol. The minimum absolute atomic E-state index is 0.182. The molecule has 0 spiro atoms. The van der Waals surface area contributed by atoms with Gasteiger partial charge in [-0.1, -0.05) is 17.7 Å². The molecule has 0 aliphatic rings. The summed E-state index contributed by atoms with van der Waals surface area (Å²) >= 11 is 5.00. The van der Waals surface area contributed by atoms with Gasteiger partial charge < -0.3 is 4.55 Å². The first-order valence-electron chi connectivity index (χ1n) is 6.64. The lowest BCUT2D eigenvalue weighted by Crippen LogP contribution is -2.41. The summed E-state index contributed by atoms with van der Waals surface area (Å²) in [5, 5.41) is 9.33. The summed E-state index contributed by atoms with van der Waals surface area (Å²) in [5.74, 6) is 0. The van der Waals surface area contributed by atoms with Crippen molar-refractivity contribution in [2.45, 2.75) is 44.4 Å². The van der Waals surface area contributed by atoms with Gasteiger partial charge in [-0.15, -0.1) is 11.3 Å². The fraction of sp³-hybridized carbons (Fsp3) is 0.467. The largest absolute Gasteiger partial charge is 0.598 e. The Morgan fingerprint density at radius 2 is 2.29 bits per heavy atom. The number of hydrogen-bond acceptors (Lipinski definition) is 4. The van der Waals surface area contributed by atoms with Gasteiger partial charge in [0, 0.05) is 17.6 Å². The van der Waals surface area contributed by atoms with Crippen molar-refractivity contribution in [1.82, 2.24) is 9.71 Å². The van der Waals surface area contributed by atoms with Gasteiger partial charge in [0.25, 0.3) is 0 Å². The number of nitriles is 1.